The summed E-state index contributed by atoms with van der Waals surface area (Å²) in [5.74, 6) is 0. The molecule has 0 atom stereocenters. The minimum absolute atomic E-state index is 0.671. The van der Waals surface area contributed by atoms with Crippen molar-refractivity contribution >= 4 is 26.9 Å². The lowest BCUT2D eigenvalue weighted by Gasteiger charge is -1.97. The van der Waals surface area contributed by atoms with Crippen molar-refractivity contribution in [2.45, 2.75) is 13.5 Å². The number of aromatic nitrogens is 3. The molecule has 86 valence electrons. The second-order valence-corrected chi connectivity index (χ2v) is 4.87. The van der Waals surface area contributed by atoms with Crippen LogP contribution in [0.1, 0.15) is 11.4 Å². The Morgan fingerprint density at radius 1 is 1.41 bits per heavy atom. The largest absolute Gasteiger partial charge is 0.356 e. The first-order chi connectivity index (χ1) is 8.22. The number of imidazole rings is 1. The predicted octanol–water partition coefficient (Wildman–Crippen LogP) is 3.14. The third kappa shape index (κ3) is 1.98. The van der Waals surface area contributed by atoms with Crippen LogP contribution in [-0.4, -0.2) is 14.7 Å². The number of fused-ring (bicyclic) bond motifs is 1. The van der Waals surface area contributed by atoms with E-state index in [1.54, 1.807) is 6.33 Å². The third-order valence-electron chi connectivity index (χ3n) is 2.60. The minimum Gasteiger partial charge on any atom is -0.356 e. The van der Waals surface area contributed by atoms with Gasteiger partial charge in [-0.25, -0.2) is 4.98 Å². The van der Waals surface area contributed by atoms with E-state index in [-0.39, 0.29) is 0 Å². The van der Waals surface area contributed by atoms with Crippen LogP contribution in [0.15, 0.2) is 39.7 Å². The molecule has 0 unspecified atom stereocenters. The number of hydrogen-bond donors (Lipinski definition) is 0. The van der Waals surface area contributed by atoms with Crippen LogP contribution in [0.2, 0.25) is 0 Å². The molecule has 0 saturated heterocycles. The molecule has 3 aromatic rings. The molecule has 0 aliphatic carbocycles. The molecule has 1 aromatic carbocycles. The van der Waals surface area contributed by atoms with Gasteiger partial charge < -0.3 is 9.09 Å². The summed E-state index contributed by atoms with van der Waals surface area (Å²) in [4.78, 5) is 4.19. The molecule has 0 amide bonds. The van der Waals surface area contributed by atoms with Gasteiger partial charge in [0.25, 0.3) is 0 Å². The zero-order valence-corrected chi connectivity index (χ0v) is 10.8. The standard InChI is InChI=1S/C12H10BrN3O/c1-8-5-16(7-14-8)6-11-10-4-9(13)2-3-12(10)17-15-11/h2-5,7H,6H2,1H3. The maximum atomic E-state index is 5.28. The smallest absolute Gasteiger partial charge is 0.167 e. The Hall–Kier alpha value is -1.62. The van der Waals surface area contributed by atoms with E-state index in [4.69, 9.17) is 4.52 Å². The Morgan fingerprint density at radius 3 is 3.06 bits per heavy atom. The Morgan fingerprint density at radius 2 is 2.29 bits per heavy atom. The average molecular weight is 292 g/mol. The fourth-order valence-electron chi connectivity index (χ4n) is 1.81. The highest BCUT2D eigenvalue weighted by Gasteiger charge is 2.09. The number of halogens is 1. The van der Waals surface area contributed by atoms with Crippen molar-refractivity contribution in [1.29, 1.82) is 0 Å². The fourth-order valence-corrected chi connectivity index (χ4v) is 2.17. The van der Waals surface area contributed by atoms with Crippen molar-refractivity contribution in [3.05, 3.63) is 46.6 Å². The van der Waals surface area contributed by atoms with Crippen LogP contribution in [0, 0.1) is 6.92 Å². The van der Waals surface area contributed by atoms with Crippen molar-refractivity contribution in [3.63, 3.8) is 0 Å². The summed E-state index contributed by atoms with van der Waals surface area (Å²) in [5, 5.41) is 5.13. The Balaban J connectivity index is 2.03. The molecular weight excluding hydrogens is 282 g/mol. The molecule has 0 aliphatic rings. The Kier molecular flexibility index (Phi) is 2.48. The second-order valence-electron chi connectivity index (χ2n) is 3.96. The third-order valence-corrected chi connectivity index (χ3v) is 3.09. The lowest BCUT2D eigenvalue weighted by atomic mass is 10.2. The molecule has 2 aromatic heterocycles. The molecule has 2 heterocycles. The van der Waals surface area contributed by atoms with Gasteiger partial charge in [0.15, 0.2) is 5.58 Å². The molecule has 3 rings (SSSR count). The molecule has 0 spiro atoms. The van der Waals surface area contributed by atoms with Gasteiger partial charge in [-0.05, 0) is 25.1 Å². The van der Waals surface area contributed by atoms with Crippen LogP contribution in [0.3, 0.4) is 0 Å². The molecule has 0 saturated carbocycles. The van der Waals surface area contributed by atoms with E-state index >= 15 is 0 Å². The van der Waals surface area contributed by atoms with E-state index in [2.05, 4.69) is 26.1 Å². The van der Waals surface area contributed by atoms with Crippen LogP contribution in [0.5, 0.6) is 0 Å². The highest BCUT2D eigenvalue weighted by molar-refractivity contribution is 9.10. The van der Waals surface area contributed by atoms with Crippen LogP contribution in [0.4, 0.5) is 0 Å². The quantitative estimate of drug-likeness (QED) is 0.728. The zero-order valence-electron chi connectivity index (χ0n) is 9.22. The van der Waals surface area contributed by atoms with E-state index in [9.17, 15) is 0 Å². The van der Waals surface area contributed by atoms with Gasteiger partial charge in [0.2, 0.25) is 0 Å². The van der Waals surface area contributed by atoms with Crippen LogP contribution >= 0.6 is 15.9 Å². The number of nitrogens with zero attached hydrogens (tertiary/aromatic N) is 3. The van der Waals surface area contributed by atoms with Crippen molar-refractivity contribution < 1.29 is 4.52 Å². The number of benzene rings is 1. The molecule has 5 heteroatoms. The van der Waals surface area contributed by atoms with Crippen LogP contribution in [-0.2, 0) is 6.54 Å². The lowest BCUT2D eigenvalue weighted by molar-refractivity contribution is 0.443. The predicted molar refractivity (Wildman–Crippen MR) is 67.8 cm³/mol. The molecule has 0 radical (unpaired) electrons. The average Bonchev–Trinajstić information content (AvgIpc) is 2.87. The summed E-state index contributed by atoms with van der Waals surface area (Å²) >= 11 is 3.45. The number of hydrogen-bond acceptors (Lipinski definition) is 3. The molecule has 17 heavy (non-hydrogen) atoms. The van der Waals surface area contributed by atoms with Gasteiger partial charge in [-0.15, -0.1) is 0 Å². The lowest BCUT2D eigenvalue weighted by Crippen LogP contribution is -1.96. The summed E-state index contributed by atoms with van der Waals surface area (Å²) in [6.07, 6.45) is 3.78. The van der Waals surface area contributed by atoms with Crippen molar-refractivity contribution in [1.82, 2.24) is 14.7 Å². The first kappa shape index (κ1) is 10.5. The molecule has 4 nitrogen and oxygen atoms in total. The highest BCUT2D eigenvalue weighted by atomic mass is 79.9. The van der Waals surface area contributed by atoms with Gasteiger partial charge in [0.1, 0.15) is 5.69 Å². The summed E-state index contributed by atoms with van der Waals surface area (Å²) < 4.78 is 8.30. The van der Waals surface area contributed by atoms with E-state index in [0.717, 1.165) is 26.8 Å². The van der Waals surface area contributed by atoms with Crippen molar-refractivity contribution in [3.8, 4) is 0 Å². The van der Waals surface area contributed by atoms with Gasteiger partial charge in [-0.3, -0.25) is 0 Å². The summed E-state index contributed by atoms with van der Waals surface area (Å²) in [6, 6.07) is 5.87. The van der Waals surface area contributed by atoms with Crippen LogP contribution in [0.25, 0.3) is 11.0 Å². The highest BCUT2D eigenvalue weighted by Crippen LogP contribution is 2.23. The van der Waals surface area contributed by atoms with Gasteiger partial charge in [-0.2, -0.15) is 0 Å². The fraction of sp³-hybridized carbons (Fsp3) is 0.167. The molecule has 0 fully saturated rings. The normalized spacial score (nSPS) is 11.2. The van der Waals surface area contributed by atoms with Crippen molar-refractivity contribution in [2.24, 2.45) is 0 Å². The van der Waals surface area contributed by atoms with Crippen molar-refractivity contribution in [2.75, 3.05) is 0 Å². The van der Waals surface area contributed by atoms with Gasteiger partial charge in [0, 0.05) is 16.1 Å². The number of rotatable bonds is 2. The summed E-state index contributed by atoms with van der Waals surface area (Å²) in [6.45, 7) is 2.64. The maximum absolute atomic E-state index is 5.28. The first-order valence-corrected chi connectivity index (χ1v) is 6.04. The summed E-state index contributed by atoms with van der Waals surface area (Å²) in [5.41, 5.74) is 2.72. The Bertz CT molecular complexity index is 671. The van der Waals surface area contributed by atoms with Gasteiger partial charge >= 0.3 is 0 Å². The molecule has 0 N–H and O–H groups in total. The molecule has 0 bridgehead atoms. The maximum Gasteiger partial charge on any atom is 0.167 e. The summed E-state index contributed by atoms with van der Waals surface area (Å²) in [7, 11) is 0. The SMILES string of the molecule is Cc1cn(Cc2noc3ccc(Br)cc23)cn1. The van der Waals surface area contributed by atoms with E-state index in [1.165, 1.54) is 0 Å². The minimum atomic E-state index is 0.671. The van der Waals surface area contributed by atoms with Crippen LogP contribution < -0.4 is 0 Å². The first-order valence-electron chi connectivity index (χ1n) is 5.24. The van der Waals surface area contributed by atoms with Gasteiger partial charge in [-0.1, -0.05) is 21.1 Å². The topological polar surface area (TPSA) is 43.9 Å². The monoisotopic (exact) mass is 291 g/mol. The number of aryl methyl sites for hydroxylation is 1. The Labute approximate surface area is 106 Å². The van der Waals surface area contributed by atoms with Gasteiger partial charge in [0.05, 0.1) is 18.6 Å². The second kappa shape index (κ2) is 4.00. The molecule has 0 aliphatic heterocycles. The zero-order chi connectivity index (χ0) is 11.8. The molecular formula is C12H10BrN3O. The van der Waals surface area contributed by atoms with E-state index < -0.39 is 0 Å². The van der Waals surface area contributed by atoms with E-state index in [1.807, 2.05) is 35.9 Å². The van der Waals surface area contributed by atoms with E-state index in [0.29, 0.717) is 6.54 Å².